The molecule has 0 saturated heterocycles. The van der Waals surface area contributed by atoms with Crippen molar-refractivity contribution in [2.45, 2.75) is 39.3 Å². The highest BCUT2D eigenvalue weighted by Crippen LogP contribution is 2.03. The number of hydrogen-bond donors (Lipinski definition) is 1. The maximum absolute atomic E-state index is 12.6. The number of benzene rings is 1. The first-order chi connectivity index (χ1) is 12.8. The predicted octanol–water partition coefficient (Wildman–Crippen LogP) is 0.711. The summed E-state index contributed by atoms with van der Waals surface area (Å²) < 4.78 is 6.54. The molecule has 2 rings (SSSR count). The SMILES string of the molecule is CCOC(=O)CC(O)CCn1cc(C)c(=O)n(C(=O)c2ccccc2)c1=O. The molecular weight excluding hydrogens is 352 g/mol. The molecule has 0 aliphatic rings. The summed E-state index contributed by atoms with van der Waals surface area (Å²) in [5.41, 5.74) is -1.03. The highest BCUT2D eigenvalue weighted by molar-refractivity contribution is 5.95. The molecule has 0 fully saturated rings. The van der Waals surface area contributed by atoms with Crippen LogP contribution in [0.5, 0.6) is 0 Å². The number of nitrogens with zero attached hydrogens (tertiary/aromatic N) is 2. The lowest BCUT2D eigenvalue weighted by molar-refractivity contribution is -0.145. The molecule has 2 aromatic rings. The molecule has 1 N–H and O–H groups in total. The topological polar surface area (TPSA) is 108 Å². The monoisotopic (exact) mass is 374 g/mol. The quantitative estimate of drug-likeness (QED) is 0.715. The van der Waals surface area contributed by atoms with Gasteiger partial charge in [0, 0.05) is 23.9 Å². The van der Waals surface area contributed by atoms with Crippen molar-refractivity contribution >= 4 is 11.9 Å². The maximum Gasteiger partial charge on any atom is 0.338 e. The second kappa shape index (κ2) is 9.09. The Morgan fingerprint density at radius 1 is 1.19 bits per heavy atom. The number of carbonyl (C=O) groups excluding carboxylic acids is 2. The molecule has 1 atom stereocenters. The minimum Gasteiger partial charge on any atom is -0.466 e. The molecule has 0 aliphatic carbocycles. The summed E-state index contributed by atoms with van der Waals surface area (Å²) in [5.74, 6) is -1.24. The first-order valence-corrected chi connectivity index (χ1v) is 8.61. The minimum atomic E-state index is -0.999. The van der Waals surface area contributed by atoms with Crippen molar-refractivity contribution < 1.29 is 19.4 Å². The van der Waals surface area contributed by atoms with Crippen LogP contribution in [-0.2, 0) is 16.1 Å². The lowest BCUT2D eigenvalue weighted by atomic mass is 10.2. The van der Waals surface area contributed by atoms with Crippen LogP contribution in [0.4, 0.5) is 0 Å². The van der Waals surface area contributed by atoms with Crippen LogP contribution in [0.15, 0.2) is 46.1 Å². The summed E-state index contributed by atoms with van der Waals surface area (Å²) in [5, 5.41) is 9.93. The third-order valence-electron chi connectivity index (χ3n) is 3.96. The van der Waals surface area contributed by atoms with Crippen molar-refractivity contribution in [3.63, 3.8) is 0 Å². The van der Waals surface area contributed by atoms with Crippen LogP contribution in [0.1, 0.15) is 35.7 Å². The smallest absolute Gasteiger partial charge is 0.338 e. The Morgan fingerprint density at radius 2 is 1.85 bits per heavy atom. The van der Waals surface area contributed by atoms with Gasteiger partial charge in [0.05, 0.1) is 19.1 Å². The van der Waals surface area contributed by atoms with Crippen LogP contribution in [-0.4, -0.2) is 38.8 Å². The van der Waals surface area contributed by atoms with Gasteiger partial charge >= 0.3 is 11.7 Å². The Bertz CT molecular complexity index is 929. The van der Waals surface area contributed by atoms with Gasteiger partial charge in [0.25, 0.3) is 11.5 Å². The average molecular weight is 374 g/mol. The molecule has 0 spiro atoms. The summed E-state index contributed by atoms with van der Waals surface area (Å²) in [6.45, 7) is 3.43. The summed E-state index contributed by atoms with van der Waals surface area (Å²) in [6, 6.07) is 8.03. The number of rotatable bonds is 7. The zero-order valence-corrected chi connectivity index (χ0v) is 15.3. The number of hydrogen-bond acceptors (Lipinski definition) is 6. The number of aliphatic hydroxyl groups is 1. The van der Waals surface area contributed by atoms with Crippen LogP contribution >= 0.6 is 0 Å². The van der Waals surface area contributed by atoms with Gasteiger partial charge in [-0.15, -0.1) is 0 Å². The van der Waals surface area contributed by atoms with E-state index in [1.165, 1.54) is 29.8 Å². The summed E-state index contributed by atoms with van der Waals surface area (Å²) >= 11 is 0. The first-order valence-electron chi connectivity index (χ1n) is 8.61. The van der Waals surface area contributed by atoms with Gasteiger partial charge in [0.15, 0.2) is 0 Å². The number of aliphatic hydroxyl groups excluding tert-OH is 1. The van der Waals surface area contributed by atoms with E-state index in [0.29, 0.717) is 4.57 Å². The van der Waals surface area contributed by atoms with Crippen molar-refractivity contribution in [1.29, 1.82) is 0 Å². The van der Waals surface area contributed by atoms with Crippen LogP contribution in [0.25, 0.3) is 0 Å². The van der Waals surface area contributed by atoms with Gasteiger partial charge in [-0.3, -0.25) is 19.0 Å². The minimum absolute atomic E-state index is 0.0442. The molecule has 0 saturated carbocycles. The molecule has 8 nitrogen and oxygen atoms in total. The maximum atomic E-state index is 12.6. The Kier molecular flexibility index (Phi) is 6.84. The molecule has 1 heterocycles. The molecular formula is C19H22N2O6. The van der Waals surface area contributed by atoms with Crippen molar-refractivity contribution in [2.24, 2.45) is 0 Å². The van der Waals surface area contributed by atoms with Gasteiger partial charge in [0.1, 0.15) is 0 Å². The van der Waals surface area contributed by atoms with E-state index in [9.17, 15) is 24.3 Å². The van der Waals surface area contributed by atoms with Gasteiger partial charge < -0.3 is 9.84 Å². The van der Waals surface area contributed by atoms with E-state index >= 15 is 0 Å². The second-order valence-corrected chi connectivity index (χ2v) is 6.05. The lowest BCUT2D eigenvalue weighted by Gasteiger charge is -2.13. The average Bonchev–Trinajstić information content (AvgIpc) is 2.64. The van der Waals surface area contributed by atoms with Gasteiger partial charge in [-0.05, 0) is 32.4 Å². The normalized spacial score (nSPS) is 11.8. The molecule has 8 heteroatoms. The third kappa shape index (κ3) is 5.01. The third-order valence-corrected chi connectivity index (χ3v) is 3.96. The molecule has 1 aromatic heterocycles. The molecule has 1 unspecified atom stereocenters. The summed E-state index contributed by atoms with van der Waals surface area (Å²) in [6.07, 6.45) is 0.248. The van der Waals surface area contributed by atoms with Gasteiger partial charge in [-0.25, -0.2) is 4.79 Å². The molecule has 0 bridgehead atoms. The largest absolute Gasteiger partial charge is 0.466 e. The van der Waals surface area contributed by atoms with E-state index in [1.807, 2.05) is 0 Å². The predicted molar refractivity (Wildman–Crippen MR) is 97.7 cm³/mol. The highest BCUT2D eigenvalue weighted by Gasteiger charge is 2.18. The highest BCUT2D eigenvalue weighted by atomic mass is 16.5. The number of esters is 1. The van der Waals surface area contributed by atoms with Crippen molar-refractivity contribution in [3.8, 4) is 0 Å². The van der Waals surface area contributed by atoms with E-state index in [0.717, 1.165) is 0 Å². The molecule has 144 valence electrons. The summed E-state index contributed by atoms with van der Waals surface area (Å²) in [4.78, 5) is 48.9. The Labute approximate surface area is 155 Å². The fourth-order valence-corrected chi connectivity index (χ4v) is 2.59. The van der Waals surface area contributed by atoms with Crippen LogP contribution in [0.3, 0.4) is 0 Å². The fourth-order valence-electron chi connectivity index (χ4n) is 2.59. The van der Waals surface area contributed by atoms with E-state index in [-0.39, 0.29) is 37.1 Å². The summed E-state index contributed by atoms with van der Waals surface area (Å²) in [7, 11) is 0. The Balaban J connectivity index is 2.26. The number of aryl methyl sites for hydroxylation is 2. The van der Waals surface area contributed by atoms with Crippen molar-refractivity contribution in [3.05, 3.63) is 68.5 Å². The van der Waals surface area contributed by atoms with E-state index < -0.39 is 29.2 Å². The molecule has 0 aliphatic heterocycles. The van der Waals surface area contributed by atoms with E-state index in [1.54, 1.807) is 25.1 Å². The molecule has 0 amide bonds. The van der Waals surface area contributed by atoms with Crippen LogP contribution in [0, 0.1) is 6.92 Å². The van der Waals surface area contributed by atoms with Gasteiger partial charge in [0.2, 0.25) is 0 Å². The van der Waals surface area contributed by atoms with E-state index in [2.05, 4.69) is 0 Å². The van der Waals surface area contributed by atoms with Gasteiger partial charge in [-0.1, -0.05) is 18.2 Å². The number of ether oxygens (including phenoxy) is 1. The number of carbonyl (C=O) groups is 2. The first kappa shape index (κ1) is 20.3. The van der Waals surface area contributed by atoms with Crippen LogP contribution < -0.4 is 11.2 Å². The number of aromatic nitrogens is 2. The second-order valence-electron chi connectivity index (χ2n) is 6.05. The van der Waals surface area contributed by atoms with Crippen LogP contribution in [0.2, 0.25) is 0 Å². The van der Waals surface area contributed by atoms with E-state index in [4.69, 9.17) is 4.74 Å². The Hall–Kier alpha value is -3.00. The molecule has 1 aromatic carbocycles. The van der Waals surface area contributed by atoms with Gasteiger partial charge in [-0.2, -0.15) is 4.57 Å². The van der Waals surface area contributed by atoms with Crippen molar-refractivity contribution in [2.75, 3.05) is 6.61 Å². The lowest BCUT2D eigenvalue weighted by Crippen LogP contribution is -2.44. The molecule has 27 heavy (non-hydrogen) atoms. The fraction of sp³-hybridized carbons (Fsp3) is 0.368. The van der Waals surface area contributed by atoms with Crippen molar-refractivity contribution in [1.82, 2.24) is 9.13 Å². The standard InChI is InChI=1S/C19H22N2O6/c1-3-27-16(23)11-15(22)9-10-20-12-13(2)17(24)21(19(20)26)18(25)14-7-5-4-6-8-14/h4-8,12,15,22H,3,9-11H2,1-2H3. The zero-order chi connectivity index (χ0) is 20.0. The molecule has 0 radical (unpaired) electrons. The zero-order valence-electron chi connectivity index (χ0n) is 15.3. The Morgan fingerprint density at radius 3 is 2.48 bits per heavy atom.